The largest absolute Gasteiger partial charge is 0.393 e. The van der Waals surface area contributed by atoms with Crippen LogP contribution in [-0.4, -0.2) is 74.8 Å². The lowest BCUT2D eigenvalue weighted by Gasteiger charge is -2.32. The molecule has 3 aromatic rings. The minimum absolute atomic E-state index is 0.0189. The van der Waals surface area contributed by atoms with Crippen molar-refractivity contribution in [1.82, 2.24) is 24.3 Å². The average molecular weight is 493 g/mol. The van der Waals surface area contributed by atoms with Gasteiger partial charge in [-0.2, -0.15) is 4.98 Å². The Labute approximate surface area is 213 Å². The molecule has 3 heterocycles. The van der Waals surface area contributed by atoms with Crippen LogP contribution in [0.5, 0.6) is 0 Å². The molecule has 1 aliphatic heterocycles. The summed E-state index contributed by atoms with van der Waals surface area (Å²) in [6.07, 6.45) is 6.69. The zero-order valence-electron chi connectivity index (χ0n) is 21.9. The van der Waals surface area contributed by atoms with E-state index in [1.165, 1.54) is 5.56 Å². The van der Waals surface area contributed by atoms with Gasteiger partial charge in [0.05, 0.1) is 6.10 Å². The highest BCUT2D eigenvalue weighted by Gasteiger charge is 2.25. The van der Waals surface area contributed by atoms with Gasteiger partial charge < -0.3 is 15.3 Å². The van der Waals surface area contributed by atoms with Gasteiger partial charge in [-0.05, 0) is 63.1 Å². The summed E-state index contributed by atoms with van der Waals surface area (Å²) in [6.45, 7) is 9.38. The van der Waals surface area contributed by atoms with Gasteiger partial charge in [0.2, 0.25) is 5.95 Å². The van der Waals surface area contributed by atoms with E-state index < -0.39 is 0 Å². The highest BCUT2D eigenvalue weighted by molar-refractivity contribution is 6.04. The van der Waals surface area contributed by atoms with Gasteiger partial charge in [-0.3, -0.25) is 14.3 Å². The first-order valence-corrected chi connectivity index (χ1v) is 13.6. The molecule has 2 aromatic heterocycles. The highest BCUT2D eigenvalue weighted by atomic mass is 16.3. The van der Waals surface area contributed by atoms with Crippen LogP contribution in [-0.2, 0) is 6.54 Å². The zero-order chi connectivity index (χ0) is 25.2. The van der Waals surface area contributed by atoms with Crippen LogP contribution in [0.2, 0.25) is 0 Å². The Morgan fingerprint density at radius 1 is 1.08 bits per heavy atom. The molecule has 0 unspecified atom stereocenters. The molecular weight excluding hydrogens is 452 g/mol. The second-order valence-corrected chi connectivity index (χ2v) is 10.9. The summed E-state index contributed by atoms with van der Waals surface area (Å²) in [6, 6.07) is 6.60. The third-order valence-electron chi connectivity index (χ3n) is 7.95. The van der Waals surface area contributed by atoms with E-state index in [-0.39, 0.29) is 23.7 Å². The van der Waals surface area contributed by atoms with E-state index in [4.69, 9.17) is 4.98 Å². The number of benzene rings is 1. The van der Waals surface area contributed by atoms with Crippen LogP contribution >= 0.6 is 0 Å². The second-order valence-electron chi connectivity index (χ2n) is 10.9. The van der Waals surface area contributed by atoms with E-state index in [1.807, 2.05) is 10.8 Å². The summed E-state index contributed by atoms with van der Waals surface area (Å²) in [5.74, 6) is 0.568. The number of aliphatic hydroxyl groups excluding tert-OH is 1. The minimum Gasteiger partial charge on any atom is -0.393 e. The van der Waals surface area contributed by atoms with Crippen molar-refractivity contribution in [2.45, 2.75) is 77.1 Å². The molecule has 0 radical (unpaired) electrons. The van der Waals surface area contributed by atoms with Crippen molar-refractivity contribution in [2.75, 3.05) is 38.5 Å². The maximum atomic E-state index is 14.0. The van der Waals surface area contributed by atoms with Crippen LogP contribution in [0.25, 0.3) is 21.8 Å². The maximum absolute atomic E-state index is 14.0. The van der Waals surface area contributed by atoms with Crippen LogP contribution in [0.4, 0.5) is 5.95 Å². The molecule has 1 aliphatic carbocycles. The van der Waals surface area contributed by atoms with E-state index in [2.05, 4.69) is 59.2 Å². The summed E-state index contributed by atoms with van der Waals surface area (Å²) < 4.78 is 1.90. The molecule has 0 bridgehead atoms. The lowest BCUT2D eigenvalue weighted by molar-refractivity contribution is 0.111. The molecule has 1 saturated heterocycles. The quantitative estimate of drug-likeness (QED) is 0.486. The maximum Gasteiger partial charge on any atom is 0.260 e. The summed E-state index contributed by atoms with van der Waals surface area (Å²) >= 11 is 0. The van der Waals surface area contributed by atoms with Gasteiger partial charge in [0, 0.05) is 61.8 Å². The molecule has 2 aliphatic rings. The fraction of sp³-hybridized carbons (Fsp3) is 0.607. The molecule has 8 nitrogen and oxygen atoms in total. The van der Waals surface area contributed by atoms with E-state index in [1.54, 1.807) is 0 Å². The van der Waals surface area contributed by atoms with Crippen LogP contribution in [0.15, 0.2) is 29.2 Å². The predicted octanol–water partition coefficient (Wildman–Crippen LogP) is 3.77. The molecule has 0 amide bonds. The molecule has 1 atom stereocenters. The molecule has 8 heteroatoms. The van der Waals surface area contributed by atoms with Gasteiger partial charge in [0.1, 0.15) is 5.65 Å². The number of nitrogens with zero attached hydrogens (tertiary/aromatic N) is 5. The van der Waals surface area contributed by atoms with Crippen molar-refractivity contribution in [2.24, 2.45) is 0 Å². The van der Waals surface area contributed by atoms with Crippen molar-refractivity contribution < 1.29 is 5.11 Å². The number of likely N-dealkylation sites (N-methyl/N-ethyl adjacent to an activating group) is 1. The number of piperazine rings is 1. The van der Waals surface area contributed by atoms with Gasteiger partial charge in [-0.1, -0.05) is 25.5 Å². The van der Waals surface area contributed by atoms with E-state index in [9.17, 15) is 9.90 Å². The van der Waals surface area contributed by atoms with Crippen molar-refractivity contribution in [3.63, 3.8) is 0 Å². The summed E-state index contributed by atoms with van der Waals surface area (Å²) in [4.78, 5) is 28.4. The standard InChI is InChI=1S/C28H40N6O2/c1-4-5-19(2)30-28-29-17-25-23-11-6-20(18-33-14-12-32(3)13-15-33)16-24(23)27(36)34(26(25)31-28)21-7-9-22(35)10-8-21/h6,11,16-17,19,21-22,35H,4-5,7-10,12-15,18H2,1-3H3,(H,29,30,31)/t19-,21-,22-/m0/s1. The normalized spacial score (nSPS) is 22.8. The average Bonchev–Trinajstić information content (AvgIpc) is 2.87. The molecule has 36 heavy (non-hydrogen) atoms. The molecule has 0 spiro atoms. The first-order chi connectivity index (χ1) is 17.4. The Morgan fingerprint density at radius 3 is 2.56 bits per heavy atom. The summed E-state index contributed by atoms with van der Waals surface area (Å²) in [5, 5.41) is 16.1. The zero-order valence-corrected chi connectivity index (χ0v) is 21.9. The lowest BCUT2D eigenvalue weighted by Crippen LogP contribution is -2.43. The highest BCUT2D eigenvalue weighted by Crippen LogP contribution is 2.32. The summed E-state index contributed by atoms with van der Waals surface area (Å²) in [7, 11) is 2.17. The summed E-state index contributed by atoms with van der Waals surface area (Å²) in [5.41, 5.74) is 1.88. The predicted molar refractivity (Wildman–Crippen MR) is 146 cm³/mol. The number of fused-ring (bicyclic) bond motifs is 3. The number of aromatic nitrogens is 3. The third-order valence-corrected chi connectivity index (χ3v) is 7.95. The molecule has 1 saturated carbocycles. The van der Waals surface area contributed by atoms with Gasteiger partial charge in [0.25, 0.3) is 5.56 Å². The van der Waals surface area contributed by atoms with Crippen LogP contribution in [0.1, 0.15) is 64.0 Å². The SMILES string of the molecule is CCC[C@H](C)Nc1ncc2c3ccc(CN4CCN(C)CC4)cc3c(=O)n([C@H]3CC[C@H](O)CC3)c2n1. The lowest BCUT2D eigenvalue weighted by atomic mass is 9.92. The number of aliphatic hydroxyl groups is 1. The van der Waals surface area contributed by atoms with E-state index in [0.29, 0.717) is 24.4 Å². The topological polar surface area (TPSA) is 86.5 Å². The van der Waals surface area contributed by atoms with Crippen molar-refractivity contribution >= 4 is 27.8 Å². The van der Waals surface area contributed by atoms with E-state index >= 15 is 0 Å². The second kappa shape index (κ2) is 10.8. The Bertz CT molecular complexity index is 1260. The first kappa shape index (κ1) is 25.1. The first-order valence-electron chi connectivity index (χ1n) is 13.6. The Hall–Kier alpha value is -2.55. The Kier molecular flexibility index (Phi) is 7.55. The van der Waals surface area contributed by atoms with Crippen LogP contribution < -0.4 is 10.9 Å². The number of nitrogens with one attached hydrogen (secondary N) is 1. The smallest absolute Gasteiger partial charge is 0.260 e. The number of anilines is 1. The van der Waals surface area contributed by atoms with Gasteiger partial charge >= 0.3 is 0 Å². The van der Waals surface area contributed by atoms with Crippen molar-refractivity contribution in [1.29, 1.82) is 0 Å². The molecule has 1 aromatic carbocycles. The van der Waals surface area contributed by atoms with Gasteiger partial charge in [-0.15, -0.1) is 0 Å². The molecular formula is C28H40N6O2. The third kappa shape index (κ3) is 5.26. The number of hydrogen-bond donors (Lipinski definition) is 2. The Morgan fingerprint density at radius 2 is 1.83 bits per heavy atom. The number of rotatable bonds is 7. The number of pyridine rings is 1. The van der Waals surface area contributed by atoms with Crippen molar-refractivity contribution in [3.8, 4) is 0 Å². The van der Waals surface area contributed by atoms with Crippen molar-refractivity contribution in [3.05, 3.63) is 40.3 Å². The molecule has 2 fully saturated rings. The fourth-order valence-electron chi connectivity index (χ4n) is 5.79. The number of hydrogen-bond acceptors (Lipinski definition) is 7. The Balaban J connectivity index is 1.58. The minimum atomic E-state index is -0.277. The van der Waals surface area contributed by atoms with Crippen LogP contribution in [0, 0.1) is 0 Å². The fourth-order valence-corrected chi connectivity index (χ4v) is 5.79. The molecule has 5 rings (SSSR count). The molecule has 194 valence electrons. The van der Waals surface area contributed by atoms with Gasteiger partial charge in [-0.25, -0.2) is 4.98 Å². The van der Waals surface area contributed by atoms with Crippen LogP contribution in [0.3, 0.4) is 0 Å². The van der Waals surface area contributed by atoms with Gasteiger partial charge in [0.15, 0.2) is 0 Å². The van der Waals surface area contributed by atoms with E-state index in [0.717, 1.165) is 74.6 Å². The monoisotopic (exact) mass is 492 g/mol. The molecule has 2 N–H and O–H groups in total.